The van der Waals surface area contributed by atoms with E-state index in [0.29, 0.717) is 16.3 Å². The molecule has 2 heterocycles. The van der Waals surface area contributed by atoms with E-state index >= 15 is 0 Å². The topological polar surface area (TPSA) is 91.2 Å². The van der Waals surface area contributed by atoms with Crippen LogP contribution in [0.15, 0.2) is 40.7 Å². The normalized spacial score (nSPS) is 12.4. The standard InChI is InChI=1S/C19H18F3N3O4S2/c1-11(2)25-16(19(20,21)22)15(8-23-25)18(26)29-9-13-10-30-17(24-13)12-4-6-14(7-5-12)31(3,27)28/h4-8,10-11H,9H2,1-3H3. The molecular weight excluding hydrogens is 455 g/mol. The van der Waals surface area contributed by atoms with Crippen molar-refractivity contribution in [2.24, 2.45) is 0 Å². The van der Waals surface area contributed by atoms with Gasteiger partial charge in [0, 0.05) is 23.2 Å². The van der Waals surface area contributed by atoms with Crippen LogP contribution in [0.3, 0.4) is 0 Å². The molecule has 2 aromatic heterocycles. The highest BCUT2D eigenvalue weighted by Gasteiger charge is 2.41. The number of alkyl halides is 3. The first-order valence-corrected chi connectivity index (χ1v) is 11.7. The molecule has 0 N–H and O–H groups in total. The van der Waals surface area contributed by atoms with Crippen molar-refractivity contribution >= 4 is 27.1 Å². The maximum absolute atomic E-state index is 13.4. The van der Waals surface area contributed by atoms with Gasteiger partial charge in [-0.2, -0.15) is 18.3 Å². The van der Waals surface area contributed by atoms with Crippen molar-refractivity contribution in [1.82, 2.24) is 14.8 Å². The van der Waals surface area contributed by atoms with Crippen molar-refractivity contribution in [2.45, 2.75) is 37.6 Å². The van der Waals surface area contributed by atoms with Crippen molar-refractivity contribution in [3.8, 4) is 10.6 Å². The van der Waals surface area contributed by atoms with E-state index < -0.39 is 39.3 Å². The van der Waals surface area contributed by atoms with Crippen LogP contribution < -0.4 is 0 Å². The molecule has 0 atom stereocenters. The summed E-state index contributed by atoms with van der Waals surface area (Å²) in [6.07, 6.45) is -2.81. The Kier molecular flexibility index (Phi) is 6.23. The van der Waals surface area contributed by atoms with E-state index in [4.69, 9.17) is 4.74 Å². The lowest BCUT2D eigenvalue weighted by molar-refractivity contribution is -0.145. The second-order valence-corrected chi connectivity index (χ2v) is 9.83. The van der Waals surface area contributed by atoms with Gasteiger partial charge in [-0.1, -0.05) is 12.1 Å². The Labute approximate surface area is 180 Å². The van der Waals surface area contributed by atoms with E-state index in [1.54, 1.807) is 17.5 Å². The van der Waals surface area contributed by atoms with Gasteiger partial charge in [-0.3, -0.25) is 4.68 Å². The monoisotopic (exact) mass is 473 g/mol. The van der Waals surface area contributed by atoms with Crippen LogP contribution in [0.5, 0.6) is 0 Å². The molecule has 0 fully saturated rings. The van der Waals surface area contributed by atoms with E-state index in [2.05, 4.69) is 10.1 Å². The van der Waals surface area contributed by atoms with E-state index in [1.807, 2.05) is 0 Å². The second kappa shape index (κ2) is 8.42. The molecule has 1 aromatic carbocycles. The Morgan fingerprint density at radius 3 is 2.42 bits per heavy atom. The number of thiazole rings is 1. The van der Waals surface area contributed by atoms with Crippen LogP contribution in [0.4, 0.5) is 13.2 Å². The van der Waals surface area contributed by atoms with Crippen LogP contribution in [-0.2, 0) is 27.4 Å². The number of halogens is 3. The zero-order valence-electron chi connectivity index (χ0n) is 16.7. The summed E-state index contributed by atoms with van der Waals surface area (Å²) in [5.41, 5.74) is -0.802. The molecule has 0 spiro atoms. The number of carbonyl (C=O) groups is 1. The van der Waals surface area contributed by atoms with Crippen LogP contribution in [0.25, 0.3) is 10.6 Å². The molecule has 12 heteroatoms. The Balaban J connectivity index is 1.74. The number of esters is 1. The lowest BCUT2D eigenvalue weighted by atomic mass is 10.2. The Morgan fingerprint density at radius 2 is 1.87 bits per heavy atom. The summed E-state index contributed by atoms with van der Waals surface area (Å²) in [7, 11) is -3.32. The second-order valence-electron chi connectivity index (χ2n) is 6.96. The van der Waals surface area contributed by atoms with E-state index in [9.17, 15) is 26.4 Å². The minimum atomic E-state index is -4.76. The van der Waals surface area contributed by atoms with Gasteiger partial charge in [0.2, 0.25) is 0 Å². The van der Waals surface area contributed by atoms with Crippen molar-refractivity contribution in [1.29, 1.82) is 0 Å². The Hall–Kier alpha value is -2.73. The average Bonchev–Trinajstić information content (AvgIpc) is 3.32. The summed E-state index contributed by atoms with van der Waals surface area (Å²) >= 11 is 1.23. The number of ether oxygens (including phenoxy) is 1. The van der Waals surface area contributed by atoms with Crippen molar-refractivity contribution in [3.05, 3.63) is 52.8 Å². The van der Waals surface area contributed by atoms with Gasteiger partial charge in [0.25, 0.3) is 0 Å². The quantitative estimate of drug-likeness (QED) is 0.494. The van der Waals surface area contributed by atoms with Gasteiger partial charge in [-0.05, 0) is 26.0 Å². The van der Waals surface area contributed by atoms with Crippen LogP contribution in [0.1, 0.15) is 41.6 Å². The van der Waals surface area contributed by atoms with Gasteiger partial charge in [0.15, 0.2) is 15.5 Å². The number of carbonyl (C=O) groups excluding carboxylic acids is 1. The van der Waals surface area contributed by atoms with Gasteiger partial charge in [0.1, 0.15) is 17.2 Å². The predicted molar refractivity (Wildman–Crippen MR) is 107 cm³/mol. The molecule has 0 amide bonds. The fourth-order valence-corrected chi connectivity index (χ4v) is 4.19. The summed E-state index contributed by atoms with van der Waals surface area (Å²) in [6, 6.07) is 5.52. The van der Waals surface area contributed by atoms with Crippen LogP contribution >= 0.6 is 11.3 Å². The van der Waals surface area contributed by atoms with Crippen molar-refractivity contribution in [2.75, 3.05) is 6.26 Å². The lowest BCUT2D eigenvalue weighted by Gasteiger charge is -2.14. The molecule has 3 rings (SSSR count). The number of nitrogens with zero attached hydrogens (tertiary/aromatic N) is 3. The minimum Gasteiger partial charge on any atom is -0.455 e. The predicted octanol–water partition coefficient (Wildman–Crippen LogP) is 4.37. The maximum Gasteiger partial charge on any atom is 0.433 e. The number of aromatic nitrogens is 3. The smallest absolute Gasteiger partial charge is 0.433 e. The minimum absolute atomic E-state index is 0.171. The molecular formula is C19H18F3N3O4S2. The highest BCUT2D eigenvalue weighted by atomic mass is 32.2. The Bertz CT molecular complexity index is 1200. The third kappa shape index (κ3) is 5.13. The number of benzene rings is 1. The zero-order chi connectivity index (χ0) is 23.0. The molecule has 3 aromatic rings. The average molecular weight is 473 g/mol. The van der Waals surface area contributed by atoms with Gasteiger partial charge in [-0.15, -0.1) is 11.3 Å². The molecule has 31 heavy (non-hydrogen) atoms. The molecule has 0 aliphatic carbocycles. The highest BCUT2D eigenvalue weighted by Crippen LogP contribution is 2.34. The molecule has 166 valence electrons. The molecule has 7 nitrogen and oxygen atoms in total. The van der Waals surface area contributed by atoms with E-state index in [-0.39, 0.29) is 11.5 Å². The number of hydrogen-bond donors (Lipinski definition) is 0. The molecule has 0 aliphatic heterocycles. The fraction of sp³-hybridized carbons (Fsp3) is 0.316. The largest absolute Gasteiger partial charge is 0.455 e. The SMILES string of the molecule is CC(C)n1ncc(C(=O)OCc2csc(-c3ccc(S(C)(=O)=O)cc3)n2)c1C(F)(F)F. The van der Waals surface area contributed by atoms with Crippen molar-refractivity contribution in [3.63, 3.8) is 0 Å². The third-order valence-electron chi connectivity index (χ3n) is 4.21. The number of hydrogen-bond acceptors (Lipinski definition) is 7. The molecule has 0 bridgehead atoms. The van der Waals surface area contributed by atoms with Gasteiger partial charge in [-0.25, -0.2) is 18.2 Å². The molecule has 0 saturated carbocycles. The molecule has 0 unspecified atom stereocenters. The third-order valence-corrected chi connectivity index (χ3v) is 6.27. The van der Waals surface area contributed by atoms with Crippen LogP contribution in [0, 0.1) is 0 Å². The zero-order valence-corrected chi connectivity index (χ0v) is 18.3. The summed E-state index contributed by atoms with van der Waals surface area (Å²) in [5.74, 6) is -1.15. The number of sulfone groups is 1. The first-order valence-electron chi connectivity index (χ1n) is 8.94. The fourth-order valence-electron chi connectivity index (χ4n) is 2.75. The van der Waals surface area contributed by atoms with Crippen LogP contribution in [-0.4, -0.2) is 35.4 Å². The summed E-state index contributed by atoms with van der Waals surface area (Å²) < 4.78 is 69.0. The molecule has 0 radical (unpaired) electrons. The first-order chi connectivity index (χ1) is 14.4. The first kappa shape index (κ1) is 22.9. The Morgan fingerprint density at radius 1 is 1.23 bits per heavy atom. The van der Waals surface area contributed by atoms with Gasteiger partial charge >= 0.3 is 12.1 Å². The van der Waals surface area contributed by atoms with E-state index in [0.717, 1.165) is 17.1 Å². The van der Waals surface area contributed by atoms with Gasteiger partial charge < -0.3 is 4.74 Å². The number of rotatable bonds is 6. The lowest BCUT2D eigenvalue weighted by Crippen LogP contribution is -2.20. The van der Waals surface area contributed by atoms with Crippen molar-refractivity contribution < 1.29 is 31.1 Å². The summed E-state index contributed by atoms with van der Waals surface area (Å²) in [5, 5.41) is 5.82. The summed E-state index contributed by atoms with van der Waals surface area (Å²) in [6.45, 7) is 2.73. The molecule has 0 saturated heterocycles. The van der Waals surface area contributed by atoms with E-state index in [1.165, 1.54) is 37.3 Å². The molecule has 0 aliphatic rings. The van der Waals surface area contributed by atoms with Gasteiger partial charge in [0.05, 0.1) is 16.8 Å². The summed E-state index contributed by atoms with van der Waals surface area (Å²) in [4.78, 5) is 16.7. The van der Waals surface area contributed by atoms with Crippen LogP contribution in [0.2, 0.25) is 0 Å². The highest BCUT2D eigenvalue weighted by molar-refractivity contribution is 7.90. The maximum atomic E-state index is 13.4.